The smallest absolute Gasteiger partial charge is 0.335 e. The Morgan fingerprint density at radius 2 is 1.61 bits per heavy atom. The fraction of sp³-hybridized carbons (Fsp3) is 0.724. The second kappa shape index (κ2) is 14.7. The SMILES string of the molecule is CC(O)COC(C)(C)OC(C)C(=O)OC(C)CCC(C)(C)CC(C)C(=O)NC(C)Cc1ccccc1. The molecule has 1 amide bonds. The third-order valence-corrected chi connectivity index (χ3v) is 6.09. The summed E-state index contributed by atoms with van der Waals surface area (Å²) < 4.78 is 16.8. The number of hydrogen-bond acceptors (Lipinski definition) is 6. The van der Waals surface area contributed by atoms with Gasteiger partial charge >= 0.3 is 5.97 Å². The van der Waals surface area contributed by atoms with E-state index < -0.39 is 24.0 Å². The maximum atomic E-state index is 12.8. The highest BCUT2D eigenvalue weighted by molar-refractivity contribution is 5.78. The number of carbonyl (C=O) groups is 2. The monoisotopic (exact) mass is 507 g/mol. The largest absolute Gasteiger partial charge is 0.461 e. The molecule has 0 heterocycles. The minimum atomic E-state index is -1.02. The van der Waals surface area contributed by atoms with E-state index in [0.29, 0.717) is 6.42 Å². The van der Waals surface area contributed by atoms with E-state index in [4.69, 9.17) is 14.2 Å². The highest BCUT2D eigenvalue weighted by atomic mass is 16.7. The predicted octanol–water partition coefficient (Wildman–Crippen LogP) is 5.04. The summed E-state index contributed by atoms with van der Waals surface area (Å²) in [4.78, 5) is 25.2. The van der Waals surface area contributed by atoms with E-state index in [0.717, 1.165) is 19.3 Å². The molecule has 0 saturated carbocycles. The van der Waals surface area contributed by atoms with Gasteiger partial charge in [-0.3, -0.25) is 4.79 Å². The summed E-state index contributed by atoms with van der Waals surface area (Å²) in [6, 6.07) is 10.2. The fourth-order valence-corrected chi connectivity index (χ4v) is 4.20. The van der Waals surface area contributed by atoms with Gasteiger partial charge in [-0.2, -0.15) is 0 Å². The molecule has 1 aromatic rings. The number of amides is 1. The summed E-state index contributed by atoms with van der Waals surface area (Å²) in [5.74, 6) is -1.52. The molecule has 206 valence electrons. The zero-order chi connectivity index (χ0) is 27.5. The standard InChI is InChI=1S/C29H49NO6/c1-20(26(32)30-21(2)17-25-13-11-10-12-14-25)18-28(6,7)16-15-23(4)35-27(33)24(5)36-29(8,9)34-19-22(3)31/h10-14,20-24,31H,15-19H2,1-9H3,(H,30,32). The first-order valence-corrected chi connectivity index (χ1v) is 13.1. The molecule has 0 fully saturated rings. The van der Waals surface area contributed by atoms with Crippen molar-refractivity contribution in [1.29, 1.82) is 0 Å². The Kier molecular flexibility index (Phi) is 13.1. The highest BCUT2D eigenvalue weighted by Crippen LogP contribution is 2.32. The van der Waals surface area contributed by atoms with Crippen LogP contribution in [-0.2, 0) is 30.2 Å². The number of hydrogen-bond donors (Lipinski definition) is 2. The molecule has 0 saturated heterocycles. The zero-order valence-corrected chi connectivity index (χ0v) is 23.8. The first-order valence-electron chi connectivity index (χ1n) is 13.1. The first-order chi connectivity index (χ1) is 16.6. The van der Waals surface area contributed by atoms with Gasteiger partial charge in [0.15, 0.2) is 11.9 Å². The van der Waals surface area contributed by atoms with E-state index in [9.17, 15) is 14.7 Å². The van der Waals surface area contributed by atoms with Crippen molar-refractivity contribution in [3.8, 4) is 0 Å². The van der Waals surface area contributed by atoms with Crippen LogP contribution in [0.5, 0.6) is 0 Å². The van der Waals surface area contributed by atoms with E-state index in [1.54, 1.807) is 27.7 Å². The molecule has 0 bridgehead atoms. The predicted molar refractivity (Wildman–Crippen MR) is 142 cm³/mol. The third-order valence-electron chi connectivity index (χ3n) is 6.09. The van der Waals surface area contributed by atoms with Crippen LogP contribution in [0.2, 0.25) is 0 Å². The van der Waals surface area contributed by atoms with Gasteiger partial charge in [-0.1, -0.05) is 51.1 Å². The van der Waals surface area contributed by atoms with Crippen molar-refractivity contribution < 1.29 is 28.9 Å². The first kappa shape index (κ1) is 32.1. The van der Waals surface area contributed by atoms with Gasteiger partial charge in [-0.15, -0.1) is 0 Å². The number of benzene rings is 1. The summed E-state index contributed by atoms with van der Waals surface area (Å²) in [5.41, 5.74) is 1.12. The molecule has 0 aliphatic carbocycles. The summed E-state index contributed by atoms with van der Waals surface area (Å²) in [5, 5.41) is 12.5. The Morgan fingerprint density at radius 1 is 1.00 bits per heavy atom. The number of rotatable bonds is 16. The Hall–Kier alpha value is -1.96. The van der Waals surface area contributed by atoms with Crippen molar-refractivity contribution in [3.63, 3.8) is 0 Å². The lowest BCUT2D eigenvalue weighted by atomic mass is 9.79. The van der Waals surface area contributed by atoms with Gasteiger partial charge in [0.25, 0.3) is 0 Å². The van der Waals surface area contributed by atoms with Crippen LogP contribution in [0.3, 0.4) is 0 Å². The lowest BCUT2D eigenvalue weighted by Gasteiger charge is -2.31. The Bertz CT molecular complexity index is 792. The summed E-state index contributed by atoms with van der Waals surface area (Å²) in [6.07, 6.45) is 1.35. The number of esters is 1. The second-order valence-corrected chi connectivity index (χ2v) is 11.5. The Morgan fingerprint density at radius 3 is 2.19 bits per heavy atom. The highest BCUT2D eigenvalue weighted by Gasteiger charge is 2.30. The Balaban J connectivity index is 2.44. The van der Waals surface area contributed by atoms with Crippen LogP contribution in [0, 0.1) is 11.3 Å². The topological polar surface area (TPSA) is 94.1 Å². The molecule has 7 heteroatoms. The van der Waals surface area contributed by atoms with Gasteiger partial charge < -0.3 is 24.6 Å². The second-order valence-electron chi connectivity index (χ2n) is 11.5. The van der Waals surface area contributed by atoms with Crippen LogP contribution in [-0.4, -0.2) is 53.7 Å². The molecule has 5 atom stereocenters. The molecule has 1 aromatic carbocycles. The summed E-state index contributed by atoms with van der Waals surface area (Å²) in [7, 11) is 0. The van der Waals surface area contributed by atoms with Gasteiger partial charge in [0.2, 0.25) is 5.91 Å². The number of aliphatic hydroxyl groups is 1. The molecule has 2 N–H and O–H groups in total. The molecular weight excluding hydrogens is 458 g/mol. The molecule has 0 aliphatic rings. The molecule has 0 aromatic heterocycles. The van der Waals surface area contributed by atoms with Crippen molar-refractivity contribution in [2.45, 2.75) is 118 Å². The quantitative estimate of drug-likeness (QED) is 0.241. The molecule has 0 aliphatic heterocycles. The van der Waals surface area contributed by atoms with E-state index >= 15 is 0 Å². The van der Waals surface area contributed by atoms with E-state index in [1.807, 2.05) is 39.0 Å². The van der Waals surface area contributed by atoms with E-state index in [1.165, 1.54) is 5.56 Å². The van der Waals surface area contributed by atoms with Crippen molar-refractivity contribution in [2.24, 2.45) is 11.3 Å². The molecule has 0 radical (unpaired) electrons. The van der Waals surface area contributed by atoms with Crippen molar-refractivity contribution in [3.05, 3.63) is 35.9 Å². The van der Waals surface area contributed by atoms with Crippen LogP contribution in [0.1, 0.15) is 87.1 Å². The number of nitrogens with one attached hydrogen (secondary N) is 1. The molecule has 5 unspecified atom stereocenters. The van der Waals surface area contributed by atoms with Gasteiger partial charge in [0.05, 0.1) is 18.8 Å². The molecule has 36 heavy (non-hydrogen) atoms. The molecule has 7 nitrogen and oxygen atoms in total. The molecule has 1 rings (SSSR count). The molecular formula is C29H49NO6. The van der Waals surface area contributed by atoms with Crippen LogP contribution in [0.4, 0.5) is 0 Å². The minimum Gasteiger partial charge on any atom is -0.461 e. The summed E-state index contributed by atoms with van der Waals surface area (Å²) in [6.45, 7) is 16.9. The van der Waals surface area contributed by atoms with Gasteiger partial charge in [-0.05, 0) is 78.2 Å². The minimum absolute atomic E-state index is 0.0662. The van der Waals surface area contributed by atoms with Crippen molar-refractivity contribution in [1.82, 2.24) is 5.32 Å². The lowest BCUT2D eigenvalue weighted by molar-refractivity contribution is -0.246. The normalized spacial score (nSPS) is 16.5. The number of ether oxygens (including phenoxy) is 3. The average Bonchev–Trinajstić information content (AvgIpc) is 2.76. The van der Waals surface area contributed by atoms with E-state index in [-0.39, 0.29) is 36.0 Å². The van der Waals surface area contributed by atoms with E-state index in [2.05, 4.69) is 31.3 Å². The lowest BCUT2D eigenvalue weighted by Crippen LogP contribution is -2.39. The molecule has 0 spiro atoms. The van der Waals surface area contributed by atoms with Crippen LogP contribution >= 0.6 is 0 Å². The van der Waals surface area contributed by atoms with Crippen LogP contribution in [0.15, 0.2) is 30.3 Å². The Labute approximate surface area is 218 Å². The van der Waals surface area contributed by atoms with Gasteiger partial charge in [0, 0.05) is 12.0 Å². The fourth-order valence-electron chi connectivity index (χ4n) is 4.20. The zero-order valence-electron chi connectivity index (χ0n) is 23.8. The third kappa shape index (κ3) is 13.4. The number of aliphatic hydroxyl groups excluding tert-OH is 1. The number of carbonyl (C=O) groups excluding carboxylic acids is 2. The van der Waals surface area contributed by atoms with Gasteiger partial charge in [0.1, 0.15) is 0 Å². The summed E-state index contributed by atoms with van der Waals surface area (Å²) >= 11 is 0. The van der Waals surface area contributed by atoms with Gasteiger partial charge in [-0.25, -0.2) is 4.79 Å². The average molecular weight is 508 g/mol. The van der Waals surface area contributed by atoms with Crippen molar-refractivity contribution >= 4 is 11.9 Å². The maximum absolute atomic E-state index is 12.8. The maximum Gasteiger partial charge on any atom is 0.335 e. The van der Waals surface area contributed by atoms with Crippen LogP contribution in [0.25, 0.3) is 0 Å². The van der Waals surface area contributed by atoms with Crippen LogP contribution < -0.4 is 5.32 Å². The van der Waals surface area contributed by atoms with Crippen molar-refractivity contribution in [2.75, 3.05) is 6.61 Å².